The van der Waals surface area contributed by atoms with Crippen LogP contribution >= 0.6 is 27.7 Å². The summed E-state index contributed by atoms with van der Waals surface area (Å²) in [6.45, 7) is 9.26. The molecule has 0 saturated carbocycles. The molecule has 1 aliphatic carbocycles. The Hall–Kier alpha value is -2.78. The van der Waals surface area contributed by atoms with Gasteiger partial charge in [-0.15, -0.1) is 5.10 Å². The number of carbonyl (C=O) groups excluding carboxylic acids is 1. The van der Waals surface area contributed by atoms with Gasteiger partial charge in [0.25, 0.3) is 0 Å². The zero-order valence-electron chi connectivity index (χ0n) is 22.2. The van der Waals surface area contributed by atoms with Crippen molar-refractivity contribution in [2.24, 2.45) is 5.41 Å². The lowest BCUT2D eigenvalue weighted by Gasteiger charge is -2.38. The van der Waals surface area contributed by atoms with E-state index in [1.807, 2.05) is 54.1 Å². The summed E-state index contributed by atoms with van der Waals surface area (Å²) >= 11 is 5.36. The van der Waals surface area contributed by atoms with E-state index in [-0.39, 0.29) is 11.2 Å². The van der Waals surface area contributed by atoms with Crippen LogP contribution in [-0.4, -0.2) is 32.9 Å². The Balaban J connectivity index is 1.58. The average molecular weight is 598 g/mol. The molecule has 1 unspecified atom stereocenters. The number of fused-ring (bicyclic) bond motifs is 1. The summed E-state index contributed by atoms with van der Waals surface area (Å²) < 4.78 is 14.9. The lowest BCUT2D eigenvalue weighted by Crippen LogP contribution is -2.36. The highest BCUT2D eigenvalue weighted by Gasteiger charge is 2.42. The van der Waals surface area contributed by atoms with E-state index < -0.39 is 6.04 Å². The molecule has 2 heterocycles. The summed E-state index contributed by atoms with van der Waals surface area (Å²) in [6.07, 6.45) is 2.29. The first-order chi connectivity index (χ1) is 18.3. The Morgan fingerprint density at radius 1 is 1.16 bits per heavy atom. The van der Waals surface area contributed by atoms with Gasteiger partial charge in [-0.3, -0.25) is 4.79 Å². The number of ether oxygens (including phenoxy) is 2. The largest absolute Gasteiger partial charge is 0.490 e. The number of rotatable bonds is 9. The van der Waals surface area contributed by atoms with E-state index in [4.69, 9.17) is 19.6 Å². The number of nitrogens with zero attached hydrogens (tertiary/aromatic N) is 3. The van der Waals surface area contributed by atoms with Crippen LogP contribution < -0.4 is 14.8 Å². The highest BCUT2D eigenvalue weighted by atomic mass is 79.9. The fourth-order valence-corrected chi connectivity index (χ4v) is 6.29. The van der Waals surface area contributed by atoms with Gasteiger partial charge in [-0.05, 0) is 64.4 Å². The van der Waals surface area contributed by atoms with Crippen molar-refractivity contribution in [3.05, 3.63) is 69.3 Å². The maximum atomic E-state index is 13.6. The van der Waals surface area contributed by atoms with E-state index in [0.717, 1.165) is 45.5 Å². The van der Waals surface area contributed by atoms with Gasteiger partial charge in [0.2, 0.25) is 11.1 Å². The van der Waals surface area contributed by atoms with Gasteiger partial charge in [0, 0.05) is 23.4 Å². The van der Waals surface area contributed by atoms with Crippen LogP contribution in [0.1, 0.15) is 64.1 Å². The highest BCUT2D eigenvalue weighted by molar-refractivity contribution is 9.10. The molecule has 0 saturated heterocycles. The van der Waals surface area contributed by atoms with Crippen molar-refractivity contribution < 1.29 is 14.3 Å². The first-order valence-electron chi connectivity index (χ1n) is 13.0. The van der Waals surface area contributed by atoms with Gasteiger partial charge in [0.15, 0.2) is 17.3 Å². The number of hydrogen-bond donors (Lipinski definition) is 1. The minimum Gasteiger partial charge on any atom is -0.490 e. The Kier molecular flexibility index (Phi) is 7.86. The summed E-state index contributed by atoms with van der Waals surface area (Å²) in [5.41, 5.74) is 3.52. The Bertz CT molecular complexity index is 1370. The van der Waals surface area contributed by atoms with E-state index in [0.29, 0.717) is 42.2 Å². The quantitative estimate of drug-likeness (QED) is 0.262. The number of Topliss-reactive ketones (excluding diaryl/α,β-unsaturated/α-hetero) is 1. The van der Waals surface area contributed by atoms with Crippen molar-refractivity contribution in [3.63, 3.8) is 0 Å². The Labute approximate surface area is 236 Å². The smallest absolute Gasteiger partial charge is 0.227 e. The van der Waals surface area contributed by atoms with E-state index in [1.54, 1.807) is 11.8 Å². The van der Waals surface area contributed by atoms with Gasteiger partial charge in [-0.2, -0.15) is 4.98 Å². The van der Waals surface area contributed by atoms with Crippen LogP contribution in [0.5, 0.6) is 11.5 Å². The standard InChI is InChI=1S/C29H33BrN4O3S/c1-5-12-38-28-32-27-31-21-15-29(3,4)16-22(35)24(21)25(34(27)33-28)19-13-20(30)26(23(14-19)36-6-2)37-17-18-10-8-7-9-11-18/h7-11,13-14,25H,5-6,12,15-17H2,1-4H3,(H,31,32,33). The van der Waals surface area contributed by atoms with E-state index in [1.165, 1.54) is 0 Å². The van der Waals surface area contributed by atoms with Crippen molar-refractivity contribution in [3.8, 4) is 11.5 Å². The zero-order chi connectivity index (χ0) is 26.9. The lowest BCUT2D eigenvalue weighted by atomic mass is 9.73. The molecule has 5 rings (SSSR count). The molecule has 1 aliphatic heterocycles. The van der Waals surface area contributed by atoms with Gasteiger partial charge >= 0.3 is 0 Å². The molecule has 9 heteroatoms. The number of aromatic nitrogens is 3. The third-order valence-electron chi connectivity index (χ3n) is 6.62. The number of hydrogen-bond acceptors (Lipinski definition) is 7. The topological polar surface area (TPSA) is 78.3 Å². The van der Waals surface area contributed by atoms with Gasteiger partial charge in [0.1, 0.15) is 12.6 Å². The highest BCUT2D eigenvalue weighted by Crippen LogP contribution is 2.48. The first kappa shape index (κ1) is 26.8. The molecule has 0 radical (unpaired) electrons. The molecule has 0 spiro atoms. The molecular formula is C29H33BrN4O3S. The molecule has 2 aromatic carbocycles. The van der Waals surface area contributed by atoms with Crippen LogP contribution in [0, 0.1) is 5.41 Å². The third-order valence-corrected chi connectivity index (χ3v) is 8.25. The minimum atomic E-state index is -0.410. The molecule has 0 bridgehead atoms. The number of carbonyl (C=O) groups is 1. The van der Waals surface area contributed by atoms with Gasteiger partial charge < -0.3 is 14.8 Å². The van der Waals surface area contributed by atoms with E-state index >= 15 is 0 Å². The van der Waals surface area contributed by atoms with Crippen LogP contribution in [0.2, 0.25) is 0 Å². The summed E-state index contributed by atoms with van der Waals surface area (Å²) in [7, 11) is 0. The number of nitrogens with one attached hydrogen (secondary N) is 1. The van der Waals surface area contributed by atoms with Crippen molar-refractivity contribution in [1.82, 2.24) is 14.8 Å². The van der Waals surface area contributed by atoms with Crippen LogP contribution in [0.4, 0.5) is 5.95 Å². The third kappa shape index (κ3) is 5.50. The molecular weight excluding hydrogens is 564 g/mol. The molecule has 1 atom stereocenters. The predicted molar refractivity (Wildman–Crippen MR) is 154 cm³/mol. The fourth-order valence-electron chi connectivity index (χ4n) is 5.03. The van der Waals surface area contributed by atoms with Crippen LogP contribution in [-0.2, 0) is 11.4 Å². The van der Waals surface area contributed by atoms with Crippen LogP contribution in [0.15, 0.2) is 63.4 Å². The summed E-state index contributed by atoms with van der Waals surface area (Å²) in [4.78, 5) is 18.4. The SMILES string of the molecule is CCCSc1nc2n(n1)C(c1cc(Br)c(OCc3ccccc3)c(OCC)c1)C1=C(CC(C)(C)CC1=O)N2. The zero-order valence-corrected chi connectivity index (χ0v) is 24.6. The van der Waals surface area contributed by atoms with Crippen LogP contribution in [0.25, 0.3) is 0 Å². The maximum Gasteiger partial charge on any atom is 0.227 e. The maximum absolute atomic E-state index is 13.6. The van der Waals surface area contributed by atoms with E-state index in [2.05, 4.69) is 42.0 Å². The Morgan fingerprint density at radius 2 is 1.95 bits per heavy atom. The van der Waals surface area contributed by atoms with E-state index in [9.17, 15) is 4.79 Å². The van der Waals surface area contributed by atoms with Crippen LogP contribution in [0.3, 0.4) is 0 Å². The molecule has 0 fully saturated rings. The van der Waals surface area contributed by atoms with Crippen molar-refractivity contribution >= 4 is 39.4 Å². The number of ketones is 1. The summed E-state index contributed by atoms with van der Waals surface area (Å²) in [5, 5.41) is 9.00. The molecule has 7 nitrogen and oxygen atoms in total. The predicted octanol–water partition coefficient (Wildman–Crippen LogP) is 7.18. The van der Waals surface area contributed by atoms with Gasteiger partial charge in [-0.25, -0.2) is 4.68 Å². The second-order valence-corrected chi connectivity index (χ2v) is 12.3. The van der Waals surface area contributed by atoms with Gasteiger partial charge in [-0.1, -0.05) is 62.9 Å². The molecule has 0 amide bonds. The molecule has 1 N–H and O–H groups in total. The second kappa shape index (κ2) is 11.1. The fraction of sp³-hybridized carbons (Fsp3) is 0.414. The van der Waals surface area contributed by atoms with Crippen molar-refractivity contribution in [1.29, 1.82) is 0 Å². The molecule has 3 aromatic rings. The number of benzene rings is 2. The minimum absolute atomic E-state index is 0.123. The summed E-state index contributed by atoms with van der Waals surface area (Å²) in [6, 6.07) is 13.6. The van der Waals surface area contributed by atoms with Crippen molar-refractivity contribution in [2.75, 3.05) is 17.7 Å². The second-order valence-electron chi connectivity index (χ2n) is 10.4. The average Bonchev–Trinajstić information content (AvgIpc) is 3.28. The number of halogens is 1. The van der Waals surface area contributed by atoms with Crippen molar-refractivity contribution in [2.45, 2.75) is 64.8 Å². The molecule has 2 aliphatic rings. The molecule has 38 heavy (non-hydrogen) atoms. The molecule has 200 valence electrons. The normalized spacial score (nSPS) is 18.0. The Morgan fingerprint density at radius 3 is 2.68 bits per heavy atom. The first-order valence-corrected chi connectivity index (χ1v) is 14.8. The molecule has 1 aromatic heterocycles. The number of anilines is 1. The number of thioether (sulfide) groups is 1. The van der Waals surface area contributed by atoms with Gasteiger partial charge in [0.05, 0.1) is 11.1 Å². The number of allylic oxidation sites excluding steroid dienone is 2. The summed E-state index contributed by atoms with van der Waals surface area (Å²) in [5.74, 6) is 2.99. The lowest BCUT2D eigenvalue weighted by molar-refractivity contribution is -0.118. The monoisotopic (exact) mass is 596 g/mol.